The van der Waals surface area contributed by atoms with Gasteiger partial charge in [-0.15, -0.1) is 10.2 Å². The van der Waals surface area contributed by atoms with Gasteiger partial charge >= 0.3 is 0 Å². The van der Waals surface area contributed by atoms with Gasteiger partial charge in [0.15, 0.2) is 11.6 Å². The summed E-state index contributed by atoms with van der Waals surface area (Å²) in [6.45, 7) is 1.47. The highest BCUT2D eigenvalue weighted by atomic mass is 32.2. The number of sulfonamides is 1. The highest BCUT2D eigenvalue weighted by Gasteiger charge is 2.29. The van der Waals surface area contributed by atoms with E-state index in [4.69, 9.17) is 14.2 Å². The van der Waals surface area contributed by atoms with E-state index in [2.05, 4.69) is 34.9 Å². The quantitative estimate of drug-likeness (QED) is 0.320. The largest absolute Gasteiger partial charge is 0.494 e. The molecule has 4 aromatic rings. The number of hydrogen-bond acceptors (Lipinski definition) is 11. The summed E-state index contributed by atoms with van der Waals surface area (Å²) in [5.41, 5.74) is 0.572. The van der Waals surface area contributed by atoms with E-state index < -0.39 is 21.1 Å². The SMILES string of the molecule is COc1cncc(-c2nnc(NS(=O)(=O)C(C)Cc3ncc(F)cn3)n2-c2c(OC)cccc2OC)n1. The van der Waals surface area contributed by atoms with Crippen LogP contribution in [-0.2, 0) is 16.4 Å². The summed E-state index contributed by atoms with van der Waals surface area (Å²) >= 11 is 0. The highest BCUT2D eigenvalue weighted by Crippen LogP contribution is 2.37. The number of aromatic nitrogens is 7. The van der Waals surface area contributed by atoms with Crippen LogP contribution in [0.15, 0.2) is 43.0 Å². The maximum absolute atomic E-state index is 13.3. The van der Waals surface area contributed by atoms with E-state index >= 15 is 0 Å². The zero-order valence-corrected chi connectivity index (χ0v) is 21.1. The molecule has 0 aliphatic carbocycles. The Hall–Kier alpha value is -4.40. The van der Waals surface area contributed by atoms with Gasteiger partial charge in [0.05, 0.1) is 51.4 Å². The number of nitrogens with zero attached hydrogens (tertiary/aromatic N) is 7. The van der Waals surface area contributed by atoms with Crippen molar-refractivity contribution < 1.29 is 27.0 Å². The summed E-state index contributed by atoms with van der Waals surface area (Å²) in [4.78, 5) is 16.1. The van der Waals surface area contributed by atoms with E-state index in [1.165, 1.54) is 45.2 Å². The molecule has 0 radical (unpaired) electrons. The van der Waals surface area contributed by atoms with Crippen LogP contribution in [0.5, 0.6) is 17.4 Å². The van der Waals surface area contributed by atoms with Crippen molar-refractivity contribution in [1.82, 2.24) is 34.7 Å². The van der Waals surface area contributed by atoms with Crippen molar-refractivity contribution in [2.24, 2.45) is 0 Å². The van der Waals surface area contributed by atoms with Gasteiger partial charge in [-0.25, -0.2) is 27.8 Å². The normalized spacial score (nSPS) is 12.1. The third-order valence-corrected chi connectivity index (χ3v) is 6.94. The molecule has 0 amide bonds. The second-order valence-electron chi connectivity index (χ2n) is 7.62. The Balaban J connectivity index is 1.82. The first kappa shape index (κ1) is 25.7. The maximum atomic E-state index is 13.3. The van der Waals surface area contributed by atoms with Crippen molar-refractivity contribution in [2.45, 2.75) is 18.6 Å². The van der Waals surface area contributed by atoms with Gasteiger partial charge in [-0.05, 0) is 19.1 Å². The average Bonchev–Trinajstić information content (AvgIpc) is 3.31. The third-order valence-electron chi connectivity index (χ3n) is 5.25. The molecule has 1 N–H and O–H groups in total. The molecule has 13 nitrogen and oxygen atoms in total. The van der Waals surface area contributed by atoms with E-state index in [-0.39, 0.29) is 35.6 Å². The molecule has 0 aliphatic rings. The zero-order chi connectivity index (χ0) is 26.6. The smallest absolute Gasteiger partial charge is 0.243 e. The molecule has 1 atom stereocenters. The molecular weight excluding hydrogens is 507 g/mol. The number of hydrogen-bond donors (Lipinski definition) is 1. The van der Waals surface area contributed by atoms with Crippen molar-refractivity contribution in [1.29, 1.82) is 0 Å². The second kappa shape index (κ2) is 10.7. The number of anilines is 1. The number of nitrogens with one attached hydrogen (secondary N) is 1. The molecule has 0 saturated carbocycles. The molecule has 4 rings (SSSR count). The molecule has 3 aromatic heterocycles. The lowest BCUT2D eigenvalue weighted by Crippen LogP contribution is -2.29. The highest BCUT2D eigenvalue weighted by molar-refractivity contribution is 7.93. The molecule has 0 aliphatic heterocycles. The van der Waals surface area contributed by atoms with Gasteiger partial charge in [0.1, 0.15) is 28.7 Å². The number of benzene rings is 1. The van der Waals surface area contributed by atoms with E-state index in [1.54, 1.807) is 18.2 Å². The molecule has 194 valence electrons. The first-order chi connectivity index (χ1) is 17.8. The van der Waals surface area contributed by atoms with E-state index in [9.17, 15) is 12.8 Å². The van der Waals surface area contributed by atoms with Crippen LogP contribution < -0.4 is 18.9 Å². The van der Waals surface area contributed by atoms with Crippen LogP contribution >= 0.6 is 0 Å². The molecule has 0 bridgehead atoms. The Labute approximate surface area is 211 Å². The van der Waals surface area contributed by atoms with Gasteiger partial charge in [0.25, 0.3) is 0 Å². The lowest BCUT2D eigenvalue weighted by atomic mass is 10.2. The Morgan fingerprint density at radius 2 is 1.68 bits per heavy atom. The van der Waals surface area contributed by atoms with Gasteiger partial charge < -0.3 is 14.2 Å². The molecular formula is C22H23FN8O5S. The first-order valence-electron chi connectivity index (χ1n) is 10.8. The maximum Gasteiger partial charge on any atom is 0.243 e. The van der Waals surface area contributed by atoms with Crippen LogP contribution in [0, 0.1) is 5.82 Å². The van der Waals surface area contributed by atoms with Crippen LogP contribution in [0.25, 0.3) is 17.2 Å². The molecule has 0 saturated heterocycles. The predicted molar refractivity (Wildman–Crippen MR) is 130 cm³/mol. The Kier molecular flexibility index (Phi) is 7.42. The third kappa shape index (κ3) is 5.40. The number of methoxy groups -OCH3 is 3. The fourth-order valence-electron chi connectivity index (χ4n) is 3.37. The standard InChI is InChI=1S/C22H23FN8O5S/c1-13(8-18-25-9-14(23)10-26-18)37(32,33)30-22-29-28-21(15-11-24-12-19(27-15)36-4)31(22)20-16(34-2)6-5-7-17(20)35-3/h5-7,9-13H,8H2,1-4H3,(H,29,30). The summed E-state index contributed by atoms with van der Waals surface area (Å²) in [6.07, 6.45) is 4.71. The van der Waals surface area contributed by atoms with Gasteiger partial charge in [0.2, 0.25) is 21.9 Å². The summed E-state index contributed by atoms with van der Waals surface area (Å²) in [6, 6.07) is 5.06. The van der Waals surface area contributed by atoms with Crippen molar-refractivity contribution in [3.05, 3.63) is 54.6 Å². The molecule has 1 unspecified atom stereocenters. The van der Waals surface area contributed by atoms with Gasteiger partial charge in [0, 0.05) is 6.42 Å². The monoisotopic (exact) mass is 530 g/mol. The predicted octanol–water partition coefficient (Wildman–Crippen LogP) is 2.05. The van der Waals surface area contributed by atoms with Crippen LogP contribution in [0.4, 0.5) is 10.3 Å². The number of rotatable bonds is 10. The molecule has 0 fully saturated rings. The summed E-state index contributed by atoms with van der Waals surface area (Å²) in [5, 5.41) is 7.25. The fourth-order valence-corrected chi connectivity index (χ4v) is 4.33. The number of para-hydroxylation sites is 1. The molecule has 37 heavy (non-hydrogen) atoms. The van der Waals surface area contributed by atoms with Crippen LogP contribution in [0.2, 0.25) is 0 Å². The zero-order valence-electron chi connectivity index (χ0n) is 20.3. The van der Waals surface area contributed by atoms with E-state index in [0.29, 0.717) is 17.2 Å². The van der Waals surface area contributed by atoms with Crippen molar-refractivity contribution in [2.75, 3.05) is 26.1 Å². The lowest BCUT2D eigenvalue weighted by Gasteiger charge is -2.18. The van der Waals surface area contributed by atoms with Crippen molar-refractivity contribution >= 4 is 16.0 Å². The Bertz CT molecular complexity index is 1480. The van der Waals surface area contributed by atoms with E-state index in [1.807, 2.05) is 0 Å². The number of ether oxygens (including phenoxy) is 3. The van der Waals surface area contributed by atoms with Crippen LogP contribution in [0.3, 0.4) is 0 Å². The van der Waals surface area contributed by atoms with Gasteiger partial charge in [-0.3, -0.25) is 14.3 Å². The van der Waals surface area contributed by atoms with Crippen molar-refractivity contribution in [3.8, 4) is 34.6 Å². The molecule has 15 heteroatoms. The van der Waals surface area contributed by atoms with Gasteiger partial charge in [-0.1, -0.05) is 6.07 Å². The first-order valence-corrected chi connectivity index (χ1v) is 12.3. The average molecular weight is 531 g/mol. The second-order valence-corrected chi connectivity index (χ2v) is 9.72. The summed E-state index contributed by atoms with van der Waals surface area (Å²) < 4.78 is 59.8. The van der Waals surface area contributed by atoms with E-state index in [0.717, 1.165) is 12.4 Å². The minimum absolute atomic E-state index is 0.0735. The summed E-state index contributed by atoms with van der Waals surface area (Å²) in [7, 11) is 0.297. The number of halogens is 1. The molecule has 0 spiro atoms. The topological polar surface area (TPSA) is 156 Å². The summed E-state index contributed by atoms with van der Waals surface area (Å²) in [5.74, 6) is 0.447. The minimum atomic E-state index is -4.06. The molecule has 1 aromatic carbocycles. The lowest BCUT2D eigenvalue weighted by molar-refractivity contribution is 0.391. The Morgan fingerprint density at radius 3 is 2.30 bits per heavy atom. The molecule has 3 heterocycles. The van der Waals surface area contributed by atoms with Crippen molar-refractivity contribution in [3.63, 3.8) is 0 Å². The fraction of sp³-hybridized carbons (Fsp3) is 0.273. The van der Waals surface area contributed by atoms with Crippen LogP contribution in [-0.4, -0.2) is 69.7 Å². The van der Waals surface area contributed by atoms with Gasteiger partial charge in [-0.2, -0.15) is 0 Å². The minimum Gasteiger partial charge on any atom is -0.494 e. The van der Waals surface area contributed by atoms with Crippen LogP contribution in [0.1, 0.15) is 12.7 Å². The Morgan fingerprint density at radius 1 is 1.00 bits per heavy atom.